The van der Waals surface area contributed by atoms with E-state index >= 15 is 0 Å². The minimum Gasteiger partial charge on any atom is -0.395 e. The average molecular weight is 202 g/mol. The minimum atomic E-state index is -0.336. The predicted molar refractivity (Wildman–Crippen MR) is 59.6 cm³/mol. The van der Waals surface area contributed by atoms with Crippen LogP contribution in [0.15, 0.2) is 30.5 Å². The van der Waals surface area contributed by atoms with Crippen molar-refractivity contribution in [1.29, 1.82) is 0 Å². The third-order valence-electron chi connectivity index (χ3n) is 2.54. The number of rotatable bonds is 2. The highest BCUT2D eigenvalue weighted by atomic mass is 16.3. The highest BCUT2D eigenvalue weighted by Gasteiger charge is 2.21. The van der Waals surface area contributed by atoms with Crippen LogP contribution in [-0.4, -0.2) is 21.7 Å². The Morgan fingerprint density at radius 3 is 2.53 bits per heavy atom. The van der Waals surface area contributed by atoms with E-state index in [1.807, 2.05) is 38.1 Å². The molecule has 1 heterocycles. The van der Waals surface area contributed by atoms with Crippen molar-refractivity contribution >= 4 is 11.0 Å². The summed E-state index contributed by atoms with van der Waals surface area (Å²) < 4.78 is 0. The summed E-state index contributed by atoms with van der Waals surface area (Å²) in [6.45, 7) is 3.97. The zero-order chi connectivity index (χ0) is 10.9. The Kier molecular flexibility index (Phi) is 2.40. The molecular formula is C12H14N2O. The molecule has 0 saturated carbocycles. The van der Waals surface area contributed by atoms with Gasteiger partial charge < -0.3 is 5.11 Å². The zero-order valence-electron chi connectivity index (χ0n) is 8.94. The van der Waals surface area contributed by atoms with Gasteiger partial charge in [0.1, 0.15) is 0 Å². The van der Waals surface area contributed by atoms with Crippen molar-refractivity contribution in [3.8, 4) is 0 Å². The number of para-hydroxylation sites is 2. The van der Waals surface area contributed by atoms with Crippen LogP contribution < -0.4 is 0 Å². The summed E-state index contributed by atoms with van der Waals surface area (Å²) in [6.07, 6.45) is 1.73. The molecule has 0 aliphatic heterocycles. The largest absolute Gasteiger partial charge is 0.395 e. The number of aliphatic hydroxyl groups excluding tert-OH is 1. The summed E-state index contributed by atoms with van der Waals surface area (Å²) in [4.78, 5) is 8.82. The Morgan fingerprint density at radius 2 is 1.87 bits per heavy atom. The van der Waals surface area contributed by atoms with Crippen molar-refractivity contribution in [1.82, 2.24) is 9.97 Å². The van der Waals surface area contributed by atoms with Gasteiger partial charge >= 0.3 is 0 Å². The van der Waals surface area contributed by atoms with Crippen molar-refractivity contribution in [3.05, 3.63) is 36.2 Å². The Labute approximate surface area is 88.8 Å². The highest BCUT2D eigenvalue weighted by molar-refractivity contribution is 5.73. The van der Waals surface area contributed by atoms with Gasteiger partial charge in [-0.1, -0.05) is 26.0 Å². The van der Waals surface area contributed by atoms with E-state index in [1.54, 1.807) is 6.20 Å². The molecule has 3 nitrogen and oxygen atoms in total. The van der Waals surface area contributed by atoms with Crippen LogP contribution >= 0.6 is 0 Å². The lowest BCUT2D eigenvalue weighted by Gasteiger charge is -2.20. The topological polar surface area (TPSA) is 46.0 Å². The summed E-state index contributed by atoms with van der Waals surface area (Å²) in [6, 6.07) is 7.73. The quantitative estimate of drug-likeness (QED) is 0.809. The Bertz CT molecular complexity index is 480. The van der Waals surface area contributed by atoms with Crippen molar-refractivity contribution in [2.24, 2.45) is 0 Å². The lowest BCUT2D eigenvalue weighted by Crippen LogP contribution is -2.23. The number of fused-ring (bicyclic) bond motifs is 1. The molecule has 0 unspecified atom stereocenters. The molecule has 0 spiro atoms. The van der Waals surface area contributed by atoms with E-state index < -0.39 is 0 Å². The van der Waals surface area contributed by atoms with E-state index in [2.05, 4.69) is 9.97 Å². The smallest absolute Gasteiger partial charge is 0.0890 e. The first-order valence-corrected chi connectivity index (χ1v) is 4.96. The number of nitrogens with zero attached hydrogens (tertiary/aromatic N) is 2. The molecule has 2 aromatic rings. The summed E-state index contributed by atoms with van der Waals surface area (Å²) in [5.41, 5.74) is 2.24. The molecule has 1 N–H and O–H groups in total. The molecular weight excluding hydrogens is 188 g/mol. The summed E-state index contributed by atoms with van der Waals surface area (Å²) in [5, 5.41) is 9.25. The molecule has 2 rings (SSSR count). The van der Waals surface area contributed by atoms with Gasteiger partial charge in [-0.05, 0) is 12.1 Å². The van der Waals surface area contributed by atoms with Crippen molar-refractivity contribution < 1.29 is 5.11 Å². The van der Waals surface area contributed by atoms with Crippen molar-refractivity contribution in [3.63, 3.8) is 0 Å². The third kappa shape index (κ3) is 1.83. The molecule has 0 atom stereocenters. The maximum absolute atomic E-state index is 9.25. The van der Waals surface area contributed by atoms with Gasteiger partial charge in [0.2, 0.25) is 0 Å². The number of aromatic nitrogens is 2. The van der Waals surface area contributed by atoms with E-state index in [0.29, 0.717) is 0 Å². The number of benzene rings is 1. The molecule has 78 valence electrons. The van der Waals surface area contributed by atoms with Crippen LogP contribution in [-0.2, 0) is 5.41 Å². The van der Waals surface area contributed by atoms with E-state index in [4.69, 9.17) is 0 Å². The molecule has 15 heavy (non-hydrogen) atoms. The average Bonchev–Trinajstić information content (AvgIpc) is 2.28. The zero-order valence-corrected chi connectivity index (χ0v) is 8.94. The Balaban J connectivity index is 2.56. The van der Waals surface area contributed by atoms with Crippen LogP contribution in [0.2, 0.25) is 0 Å². The number of aliphatic hydroxyl groups is 1. The van der Waals surface area contributed by atoms with Crippen LogP contribution in [0.1, 0.15) is 19.5 Å². The highest BCUT2D eigenvalue weighted by Crippen LogP contribution is 2.21. The van der Waals surface area contributed by atoms with Gasteiger partial charge in [0, 0.05) is 11.6 Å². The fourth-order valence-corrected chi connectivity index (χ4v) is 1.36. The van der Waals surface area contributed by atoms with Gasteiger partial charge in [-0.15, -0.1) is 0 Å². The van der Waals surface area contributed by atoms with Gasteiger partial charge in [-0.3, -0.25) is 4.98 Å². The van der Waals surface area contributed by atoms with Crippen LogP contribution in [0.25, 0.3) is 11.0 Å². The molecule has 0 aliphatic carbocycles. The van der Waals surface area contributed by atoms with E-state index in [-0.39, 0.29) is 12.0 Å². The second-order valence-corrected chi connectivity index (χ2v) is 4.29. The molecule has 0 aliphatic rings. The van der Waals surface area contributed by atoms with Gasteiger partial charge in [0.05, 0.1) is 23.3 Å². The molecule has 1 aromatic heterocycles. The summed E-state index contributed by atoms with van der Waals surface area (Å²) in [7, 11) is 0. The second-order valence-electron chi connectivity index (χ2n) is 4.29. The predicted octanol–water partition coefficient (Wildman–Crippen LogP) is 1.90. The molecule has 0 bridgehead atoms. The Morgan fingerprint density at radius 1 is 1.20 bits per heavy atom. The van der Waals surface area contributed by atoms with E-state index in [9.17, 15) is 5.11 Å². The first-order valence-electron chi connectivity index (χ1n) is 4.96. The molecule has 0 fully saturated rings. The lowest BCUT2D eigenvalue weighted by atomic mass is 9.91. The van der Waals surface area contributed by atoms with Crippen LogP contribution in [0.5, 0.6) is 0 Å². The molecule has 0 amide bonds. The first-order chi connectivity index (χ1) is 7.13. The van der Waals surface area contributed by atoms with Gasteiger partial charge in [-0.25, -0.2) is 4.98 Å². The first kappa shape index (κ1) is 10.1. The number of hydrogen-bond donors (Lipinski definition) is 1. The monoisotopic (exact) mass is 202 g/mol. The van der Waals surface area contributed by atoms with Gasteiger partial charge in [0.25, 0.3) is 0 Å². The number of hydrogen-bond acceptors (Lipinski definition) is 3. The lowest BCUT2D eigenvalue weighted by molar-refractivity contribution is 0.215. The maximum Gasteiger partial charge on any atom is 0.0890 e. The van der Waals surface area contributed by atoms with Crippen LogP contribution in [0.3, 0.4) is 0 Å². The summed E-state index contributed by atoms with van der Waals surface area (Å²) in [5.74, 6) is 0. The van der Waals surface area contributed by atoms with E-state index in [1.165, 1.54) is 0 Å². The Hall–Kier alpha value is -1.48. The SMILES string of the molecule is CC(C)(CO)c1cnc2ccccc2n1. The standard InChI is InChI=1S/C12H14N2O/c1-12(2,8-15)11-7-13-9-5-3-4-6-10(9)14-11/h3-7,15H,8H2,1-2H3. The van der Waals surface area contributed by atoms with Crippen LogP contribution in [0.4, 0.5) is 0 Å². The normalized spacial score (nSPS) is 11.9. The molecule has 0 radical (unpaired) electrons. The van der Waals surface area contributed by atoms with Gasteiger partial charge in [0.15, 0.2) is 0 Å². The van der Waals surface area contributed by atoms with Gasteiger partial charge in [-0.2, -0.15) is 0 Å². The van der Waals surface area contributed by atoms with E-state index in [0.717, 1.165) is 16.7 Å². The molecule has 1 aromatic carbocycles. The fraction of sp³-hybridized carbons (Fsp3) is 0.333. The fourth-order valence-electron chi connectivity index (χ4n) is 1.36. The summed E-state index contributed by atoms with van der Waals surface area (Å²) >= 11 is 0. The molecule has 3 heteroatoms. The molecule has 0 saturated heterocycles. The van der Waals surface area contributed by atoms with Crippen LogP contribution in [0, 0.1) is 0 Å². The second kappa shape index (κ2) is 3.59. The van der Waals surface area contributed by atoms with Crippen molar-refractivity contribution in [2.75, 3.05) is 6.61 Å². The third-order valence-corrected chi connectivity index (χ3v) is 2.54. The minimum absolute atomic E-state index is 0.0695. The maximum atomic E-state index is 9.25. The van der Waals surface area contributed by atoms with Crippen molar-refractivity contribution in [2.45, 2.75) is 19.3 Å².